The number of hydrogen-bond donors (Lipinski definition) is 1. The number of aromatic nitrogens is 1. The van der Waals surface area contributed by atoms with Gasteiger partial charge in [0.05, 0.1) is 22.0 Å². The largest absolute Gasteiger partial charge is 0.478 e. The summed E-state index contributed by atoms with van der Waals surface area (Å²) in [5, 5.41) is 4.26. The Kier molecular flexibility index (Phi) is 7.20. The van der Waals surface area contributed by atoms with Gasteiger partial charge in [0.25, 0.3) is 5.56 Å². The molecule has 0 saturated carbocycles. The highest BCUT2D eigenvalue weighted by molar-refractivity contribution is 6.42. The van der Waals surface area contributed by atoms with Gasteiger partial charge in [0.15, 0.2) is 6.10 Å². The minimum Gasteiger partial charge on any atom is -0.478 e. The Hall–Kier alpha value is -3.03. The Morgan fingerprint density at radius 2 is 1.87 bits per heavy atom. The van der Waals surface area contributed by atoms with E-state index in [1.165, 1.54) is 16.8 Å². The topological polar surface area (TPSA) is 86.6 Å². The molecule has 1 aromatic heterocycles. The Morgan fingerprint density at radius 1 is 1.10 bits per heavy atom. The lowest BCUT2D eigenvalue weighted by molar-refractivity contribution is -0.150. The number of halogens is 2. The molecule has 1 atom stereocenters. The standard InChI is InChI=1S/C22H20Cl2N2O5/c1-3-30-22(29)13(2)31-19-6-4-5-16-15(19)9-10-26(21(16)28)12-20(27)25-14-7-8-17(23)18(24)11-14/h4-11,13H,3,12H2,1-2H3,(H,25,27)/t13-/m1/s1. The van der Waals surface area contributed by atoms with Gasteiger partial charge in [0, 0.05) is 17.3 Å². The average molecular weight is 463 g/mol. The van der Waals surface area contributed by atoms with Crippen molar-refractivity contribution in [2.75, 3.05) is 11.9 Å². The molecule has 3 aromatic rings. The predicted octanol–water partition coefficient (Wildman–Crippen LogP) is 4.28. The van der Waals surface area contributed by atoms with Crippen LogP contribution in [0, 0.1) is 0 Å². The molecule has 0 spiro atoms. The minimum atomic E-state index is -0.829. The highest BCUT2D eigenvalue weighted by Crippen LogP contribution is 2.26. The molecule has 0 fully saturated rings. The molecule has 7 nitrogen and oxygen atoms in total. The second-order valence-corrected chi connectivity index (χ2v) is 7.47. The summed E-state index contributed by atoms with van der Waals surface area (Å²) in [5.74, 6) is -0.516. The SMILES string of the molecule is CCOC(=O)[C@@H](C)Oc1cccc2c(=O)n(CC(=O)Nc3ccc(Cl)c(Cl)c3)ccc12. The van der Waals surface area contributed by atoms with Crippen LogP contribution in [0.1, 0.15) is 13.8 Å². The molecule has 0 aliphatic heterocycles. The van der Waals surface area contributed by atoms with Gasteiger partial charge in [-0.25, -0.2) is 4.79 Å². The molecule has 0 saturated heterocycles. The van der Waals surface area contributed by atoms with Crippen molar-refractivity contribution < 1.29 is 19.1 Å². The predicted molar refractivity (Wildman–Crippen MR) is 120 cm³/mol. The summed E-state index contributed by atoms with van der Waals surface area (Å²) in [5.41, 5.74) is 0.105. The number of nitrogens with one attached hydrogen (secondary N) is 1. The Balaban J connectivity index is 1.81. The zero-order valence-electron chi connectivity index (χ0n) is 16.9. The summed E-state index contributed by atoms with van der Waals surface area (Å²) in [4.78, 5) is 37.1. The normalized spacial score (nSPS) is 11.7. The molecule has 1 heterocycles. The van der Waals surface area contributed by atoms with Gasteiger partial charge in [-0.2, -0.15) is 0 Å². The molecule has 1 N–H and O–H groups in total. The third kappa shape index (κ3) is 5.37. The molecule has 0 aliphatic carbocycles. The smallest absolute Gasteiger partial charge is 0.347 e. The zero-order valence-corrected chi connectivity index (χ0v) is 18.4. The number of carbonyl (C=O) groups excluding carboxylic acids is 2. The minimum absolute atomic E-state index is 0.195. The van der Waals surface area contributed by atoms with Crippen molar-refractivity contribution in [2.24, 2.45) is 0 Å². The first-order valence-corrected chi connectivity index (χ1v) is 10.3. The third-order valence-corrected chi connectivity index (χ3v) is 5.16. The van der Waals surface area contributed by atoms with E-state index in [2.05, 4.69) is 5.32 Å². The number of hydrogen-bond acceptors (Lipinski definition) is 5. The molecular formula is C22H20Cl2N2O5. The van der Waals surface area contributed by atoms with Crippen LogP contribution in [-0.4, -0.2) is 29.2 Å². The van der Waals surface area contributed by atoms with Gasteiger partial charge in [0.1, 0.15) is 12.3 Å². The van der Waals surface area contributed by atoms with Gasteiger partial charge >= 0.3 is 5.97 Å². The van der Waals surface area contributed by atoms with E-state index in [-0.39, 0.29) is 18.7 Å². The van der Waals surface area contributed by atoms with E-state index in [1.807, 2.05) is 0 Å². The summed E-state index contributed by atoms with van der Waals surface area (Å²) in [6.07, 6.45) is 0.672. The monoisotopic (exact) mass is 462 g/mol. The van der Waals surface area contributed by atoms with Crippen molar-refractivity contribution >= 4 is 51.5 Å². The lowest BCUT2D eigenvalue weighted by Gasteiger charge is -2.15. The van der Waals surface area contributed by atoms with Gasteiger partial charge < -0.3 is 19.4 Å². The maximum absolute atomic E-state index is 12.9. The molecule has 31 heavy (non-hydrogen) atoms. The number of anilines is 1. The van der Waals surface area contributed by atoms with E-state index < -0.39 is 18.0 Å². The van der Waals surface area contributed by atoms with Crippen LogP contribution in [0.25, 0.3) is 10.8 Å². The van der Waals surface area contributed by atoms with Crippen LogP contribution in [0.3, 0.4) is 0 Å². The fourth-order valence-corrected chi connectivity index (χ4v) is 3.24. The molecule has 0 unspecified atom stereocenters. The number of carbonyl (C=O) groups is 2. The summed E-state index contributed by atoms with van der Waals surface area (Å²) < 4.78 is 11.9. The lowest BCUT2D eigenvalue weighted by Crippen LogP contribution is -2.28. The number of esters is 1. The van der Waals surface area contributed by atoms with Crippen LogP contribution in [-0.2, 0) is 20.9 Å². The molecule has 0 bridgehead atoms. The van der Waals surface area contributed by atoms with Crippen molar-refractivity contribution in [3.05, 3.63) is 69.1 Å². The van der Waals surface area contributed by atoms with Crippen molar-refractivity contribution in [3.63, 3.8) is 0 Å². The maximum Gasteiger partial charge on any atom is 0.347 e. The molecule has 1 amide bonds. The zero-order chi connectivity index (χ0) is 22.5. The van der Waals surface area contributed by atoms with E-state index in [0.717, 1.165) is 0 Å². The van der Waals surface area contributed by atoms with Gasteiger partial charge in [-0.05, 0) is 50.2 Å². The van der Waals surface area contributed by atoms with Crippen LogP contribution in [0.2, 0.25) is 10.0 Å². The number of pyridine rings is 1. The lowest BCUT2D eigenvalue weighted by atomic mass is 10.1. The highest BCUT2D eigenvalue weighted by Gasteiger charge is 2.18. The fraction of sp³-hybridized carbons (Fsp3) is 0.227. The molecule has 9 heteroatoms. The molecule has 162 valence electrons. The summed E-state index contributed by atoms with van der Waals surface area (Å²) in [6.45, 7) is 3.34. The number of amides is 1. The van der Waals surface area contributed by atoms with E-state index in [4.69, 9.17) is 32.7 Å². The van der Waals surface area contributed by atoms with Crippen LogP contribution in [0.4, 0.5) is 5.69 Å². The number of benzene rings is 2. The molecule has 3 rings (SSSR count). The summed E-state index contributed by atoms with van der Waals surface area (Å²) >= 11 is 11.8. The molecular weight excluding hydrogens is 443 g/mol. The van der Waals surface area contributed by atoms with Gasteiger partial charge in [-0.3, -0.25) is 9.59 Å². The molecule has 0 radical (unpaired) electrons. The van der Waals surface area contributed by atoms with Crippen molar-refractivity contribution in [1.82, 2.24) is 4.57 Å². The van der Waals surface area contributed by atoms with Gasteiger partial charge in [0.2, 0.25) is 5.91 Å². The van der Waals surface area contributed by atoms with E-state index in [1.54, 1.807) is 50.2 Å². The van der Waals surface area contributed by atoms with Crippen LogP contribution < -0.4 is 15.6 Å². The van der Waals surface area contributed by atoms with Crippen LogP contribution in [0.5, 0.6) is 5.75 Å². The second-order valence-electron chi connectivity index (χ2n) is 6.66. The van der Waals surface area contributed by atoms with Crippen molar-refractivity contribution in [2.45, 2.75) is 26.5 Å². The number of ether oxygens (including phenoxy) is 2. The number of nitrogens with zero attached hydrogens (tertiary/aromatic N) is 1. The third-order valence-electron chi connectivity index (χ3n) is 4.42. The molecule has 0 aliphatic rings. The van der Waals surface area contributed by atoms with E-state index in [9.17, 15) is 14.4 Å². The summed E-state index contributed by atoms with van der Waals surface area (Å²) in [7, 11) is 0. The second kappa shape index (κ2) is 9.85. The van der Waals surface area contributed by atoms with Crippen molar-refractivity contribution in [1.29, 1.82) is 0 Å². The maximum atomic E-state index is 12.9. The van der Waals surface area contributed by atoms with E-state index in [0.29, 0.717) is 32.3 Å². The first kappa shape index (κ1) is 22.7. The first-order valence-electron chi connectivity index (χ1n) is 9.50. The summed E-state index contributed by atoms with van der Waals surface area (Å²) in [6, 6.07) is 11.3. The first-order chi connectivity index (χ1) is 14.8. The van der Waals surface area contributed by atoms with Crippen LogP contribution in [0.15, 0.2) is 53.5 Å². The quantitative estimate of drug-likeness (QED) is 0.529. The van der Waals surface area contributed by atoms with E-state index >= 15 is 0 Å². The van der Waals surface area contributed by atoms with Crippen LogP contribution >= 0.6 is 23.2 Å². The molecule has 2 aromatic carbocycles. The van der Waals surface area contributed by atoms with Crippen molar-refractivity contribution in [3.8, 4) is 5.75 Å². The Bertz CT molecular complexity index is 1190. The van der Waals surface area contributed by atoms with Gasteiger partial charge in [-0.1, -0.05) is 29.3 Å². The average Bonchev–Trinajstić information content (AvgIpc) is 2.73. The van der Waals surface area contributed by atoms with Gasteiger partial charge in [-0.15, -0.1) is 0 Å². The number of fused-ring (bicyclic) bond motifs is 1. The fourth-order valence-electron chi connectivity index (χ4n) is 2.94. The highest BCUT2D eigenvalue weighted by atomic mass is 35.5. The Labute approximate surface area is 188 Å². The number of rotatable bonds is 7. The Morgan fingerprint density at radius 3 is 2.58 bits per heavy atom.